The lowest BCUT2D eigenvalue weighted by molar-refractivity contribution is 0.168. The van der Waals surface area contributed by atoms with Crippen molar-refractivity contribution in [3.8, 4) is 5.75 Å². The normalized spacial score (nSPS) is 14.1. The summed E-state index contributed by atoms with van der Waals surface area (Å²) in [7, 11) is 1.68. The number of nitrogens with zero attached hydrogens (tertiary/aromatic N) is 3. The number of amides is 1. The van der Waals surface area contributed by atoms with Crippen LogP contribution in [0.2, 0.25) is 0 Å². The van der Waals surface area contributed by atoms with Gasteiger partial charge < -0.3 is 19.3 Å². The third kappa shape index (κ3) is 4.36. The van der Waals surface area contributed by atoms with E-state index in [4.69, 9.17) is 9.47 Å². The molecular weight excluding hydrogens is 332 g/mol. The number of hydrogen-bond acceptors (Lipinski definition) is 6. The summed E-state index contributed by atoms with van der Waals surface area (Å²) in [6.45, 7) is 5.81. The molecule has 1 aromatic carbocycles. The number of ether oxygens (including phenoxy) is 2. The first-order valence-corrected chi connectivity index (χ1v) is 8.73. The molecule has 0 unspecified atom stereocenters. The summed E-state index contributed by atoms with van der Waals surface area (Å²) in [5, 5.41) is 2.60. The Morgan fingerprint density at radius 3 is 2.19 bits per heavy atom. The highest BCUT2D eigenvalue weighted by Crippen LogP contribution is 2.23. The van der Waals surface area contributed by atoms with Gasteiger partial charge in [0.2, 0.25) is 0 Å². The number of carbonyl (C=O) groups excluding carboxylic acids is 1. The Morgan fingerprint density at radius 2 is 1.65 bits per heavy atom. The Kier molecular flexibility index (Phi) is 5.78. The number of piperazine rings is 1. The van der Waals surface area contributed by atoms with Crippen LogP contribution in [-0.4, -0.2) is 51.0 Å². The van der Waals surface area contributed by atoms with Crippen LogP contribution in [0, 0.1) is 0 Å². The van der Waals surface area contributed by atoms with Gasteiger partial charge in [0.25, 0.3) is 0 Å². The summed E-state index contributed by atoms with van der Waals surface area (Å²) >= 11 is 0. The second-order valence-electron chi connectivity index (χ2n) is 5.92. The minimum Gasteiger partial charge on any atom is -0.497 e. The van der Waals surface area contributed by atoms with Gasteiger partial charge in [-0.05, 0) is 43.3 Å². The van der Waals surface area contributed by atoms with Crippen molar-refractivity contribution in [1.82, 2.24) is 4.98 Å². The maximum Gasteiger partial charge on any atom is 0.412 e. The molecule has 7 heteroatoms. The van der Waals surface area contributed by atoms with Crippen molar-refractivity contribution < 1.29 is 14.3 Å². The van der Waals surface area contributed by atoms with Crippen molar-refractivity contribution >= 4 is 23.3 Å². The molecule has 1 fully saturated rings. The van der Waals surface area contributed by atoms with Gasteiger partial charge in [0.05, 0.1) is 25.6 Å². The first-order chi connectivity index (χ1) is 12.7. The smallest absolute Gasteiger partial charge is 0.412 e. The second-order valence-corrected chi connectivity index (χ2v) is 5.92. The Bertz CT molecular complexity index is 711. The zero-order chi connectivity index (χ0) is 18.4. The fourth-order valence-corrected chi connectivity index (χ4v) is 2.93. The summed E-state index contributed by atoms with van der Waals surface area (Å²) in [5.74, 6) is 1.36. The van der Waals surface area contributed by atoms with Crippen LogP contribution in [0.15, 0.2) is 42.6 Å². The number of nitrogens with one attached hydrogen (secondary N) is 1. The minimum absolute atomic E-state index is 0.336. The number of anilines is 3. The molecule has 1 saturated heterocycles. The number of methoxy groups -OCH3 is 1. The molecule has 0 atom stereocenters. The van der Waals surface area contributed by atoms with Crippen LogP contribution in [0.4, 0.5) is 22.0 Å². The average molecular weight is 356 g/mol. The summed E-state index contributed by atoms with van der Waals surface area (Å²) < 4.78 is 10.1. The Labute approximate surface area is 153 Å². The van der Waals surface area contributed by atoms with Crippen LogP contribution in [0.25, 0.3) is 0 Å². The maximum absolute atomic E-state index is 11.4. The van der Waals surface area contributed by atoms with E-state index in [1.165, 1.54) is 5.69 Å². The quantitative estimate of drug-likeness (QED) is 0.888. The first-order valence-electron chi connectivity index (χ1n) is 8.73. The van der Waals surface area contributed by atoms with Crippen LogP contribution in [-0.2, 0) is 4.74 Å². The zero-order valence-corrected chi connectivity index (χ0v) is 15.1. The molecule has 1 N–H and O–H groups in total. The van der Waals surface area contributed by atoms with Crippen molar-refractivity contribution in [2.45, 2.75) is 6.92 Å². The highest BCUT2D eigenvalue weighted by atomic mass is 16.5. The van der Waals surface area contributed by atoms with Crippen LogP contribution < -0.4 is 19.9 Å². The highest BCUT2D eigenvalue weighted by Gasteiger charge is 2.18. The van der Waals surface area contributed by atoms with Gasteiger partial charge in [-0.2, -0.15) is 0 Å². The van der Waals surface area contributed by atoms with Crippen LogP contribution in [0.1, 0.15) is 6.92 Å². The molecule has 7 nitrogen and oxygen atoms in total. The van der Waals surface area contributed by atoms with Crippen LogP contribution in [0.3, 0.4) is 0 Å². The molecule has 0 radical (unpaired) electrons. The number of carbonyl (C=O) groups is 1. The number of aromatic nitrogens is 1. The van der Waals surface area contributed by atoms with Gasteiger partial charge in [0, 0.05) is 31.9 Å². The van der Waals surface area contributed by atoms with E-state index in [0.29, 0.717) is 12.4 Å². The molecule has 1 amide bonds. The Balaban J connectivity index is 1.54. The lowest BCUT2D eigenvalue weighted by atomic mass is 10.2. The molecule has 1 aliphatic heterocycles. The van der Waals surface area contributed by atoms with Gasteiger partial charge in [0.15, 0.2) is 0 Å². The Morgan fingerprint density at radius 1 is 1.04 bits per heavy atom. The predicted molar refractivity (Wildman–Crippen MR) is 102 cm³/mol. The van der Waals surface area contributed by atoms with Gasteiger partial charge in [-0.3, -0.25) is 5.32 Å². The van der Waals surface area contributed by atoms with Gasteiger partial charge in [0.1, 0.15) is 11.6 Å². The van der Waals surface area contributed by atoms with E-state index in [2.05, 4.69) is 32.2 Å². The summed E-state index contributed by atoms with van der Waals surface area (Å²) in [6.07, 6.45) is 1.30. The number of benzene rings is 1. The van der Waals surface area contributed by atoms with Crippen LogP contribution in [0.5, 0.6) is 5.75 Å². The van der Waals surface area contributed by atoms with Crippen molar-refractivity contribution in [3.05, 3.63) is 42.6 Å². The predicted octanol–water partition coefficient (Wildman–Crippen LogP) is 2.99. The topological polar surface area (TPSA) is 66.9 Å². The molecule has 0 saturated carbocycles. The second kappa shape index (κ2) is 8.42. The molecule has 0 bridgehead atoms. The first kappa shape index (κ1) is 17.8. The molecular formula is C19H24N4O3. The number of hydrogen-bond donors (Lipinski definition) is 1. The molecule has 138 valence electrons. The minimum atomic E-state index is -0.485. The molecule has 26 heavy (non-hydrogen) atoms. The summed E-state index contributed by atoms with van der Waals surface area (Å²) in [6, 6.07) is 11.9. The van der Waals surface area contributed by atoms with Crippen molar-refractivity contribution in [3.63, 3.8) is 0 Å². The van der Waals surface area contributed by atoms with Crippen molar-refractivity contribution in [2.24, 2.45) is 0 Å². The SMILES string of the molecule is CCOC(=O)Nc1ccc(N2CCN(c3ccc(OC)cc3)CC2)cn1. The van der Waals surface area contributed by atoms with E-state index >= 15 is 0 Å². The van der Waals surface area contributed by atoms with Crippen molar-refractivity contribution in [2.75, 3.05) is 55.0 Å². The maximum atomic E-state index is 11.4. The molecule has 0 aliphatic carbocycles. The summed E-state index contributed by atoms with van der Waals surface area (Å²) in [5.41, 5.74) is 2.26. The zero-order valence-electron chi connectivity index (χ0n) is 15.1. The van der Waals surface area contributed by atoms with E-state index in [0.717, 1.165) is 37.6 Å². The lowest BCUT2D eigenvalue weighted by Gasteiger charge is -2.37. The third-order valence-corrected chi connectivity index (χ3v) is 4.34. The van der Waals surface area contributed by atoms with E-state index in [-0.39, 0.29) is 0 Å². The number of pyridine rings is 1. The van der Waals surface area contributed by atoms with E-state index in [9.17, 15) is 4.79 Å². The van der Waals surface area contributed by atoms with Gasteiger partial charge in [-0.25, -0.2) is 9.78 Å². The fraction of sp³-hybridized carbons (Fsp3) is 0.368. The molecule has 2 aromatic rings. The molecule has 3 rings (SSSR count). The highest BCUT2D eigenvalue weighted by molar-refractivity contribution is 5.83. The van der Waals surface area contributed by atoms with E-state index in [1.807, 2.05) is 18.2 Å². The standard InChI is InChI=1S/C19H24N4O3/c1-3-26-19(24)21-18-9-6-16(14-20-18)23-12-10-22(11-13-23)15-4-7-17(25-2)8-5-15/h4-9,14H,3,10-13H2,1-2H3,(H,20,21,24). The number of rotatable bonds is 5. The Hall–Kier alpha value is -2.96. The molecule has 1 aliphatic rings. The average Bonchev–Trinajstić information content (AvgIpc) is 2.69. The lowest BCUT2D eigenvalue weighted by Crippen LogP contribution is -2.46. The molecule has 2 heterocycles. The van der Waals surface area contributed by atoms with Crippen LogP contribution >= 0.6 is 0 Å². The largest absolute Gasteiger partial charge is 0.497 e. The van der Waals surface area contributed by atoms with Crippen molar-refractivity contribution in [1.29, 1.82) is 0 Å². The van der Waals surface area contributed by atoms with Gasteiger partial charge in [-0.1, -0.05) is 0 Å². The monoisotopic (exact) mass is 356 g/mol. The van der Waals surface area contributed by atoms with E-state index < -0.39 is 6.09 Å². The summed E-state index contributed by atoms with van der Waals surface area (Å²) in [4.78, 5) is 20.4. The van der Waals surface area contributed by atoms with E-state index in [1.54, 1.807) is 26.3 Å². The molecule has 1 aromatic heterocycles. The van der Waals surface area contributed by atoms with Gasteiger partial charge in [-0.15, -0.1) is 0 Å². The third-order valence-electron chi connectivity index (χ3n) is 4.34. The van der Waals surface area contributed by atoms with Gasteiger partial charge >= 0.3 is 6.09 Å². The fourth-order valence-electron chi connectivity index (χ4n) is 2.93. The molecule has 0 spiro atoms.